The summed E-state index contributed by atoms with van der Waals surface area (Å²) in [4.78, 5) is 27.6. The smallest absolute Gasteiger partial charge is 0.409 e. The first kappa shape index (κ1) is 19.1. The maximum absolute atomic E-state index is 12.5. The molecule has 0 unspecified atom stereocenters. The summed E-state index contributed by atoms with van der Waals surface area (Å²) in [6.45, 7) is 9.49. The monoisotopic (exact) mass is 372 g/mol. The third-order valence-corrected chi connectivity index (χ3v) is 4.68. The van der Waals surface area contributed by atoms with Gasteiger partial charge < -0.3 is 24.4 Å². The molecular formula is C20H28N4O3. The van der Waals surface area contributed by atoms with Crippen LogP contribution in [0.1, 0.15) is 20.8 Å². The Morgan fingerprint density at radius 3 is 2.48 bits per heavy atom. The fourth-order valence-corrected chi connectivity index (χ4v) is 3.34. The van der Waals surface area contributed by atoms with E-state index in [0.29, 0.717) is 38.7 Å². The Hall–Kier alpha value is -2.70. The second kappa shape index (κ2) is 8.33. The number of fused-ring (bicyclic) bond motifs is 1. The minimum Gasteiger partial charge on any atom is -0.450 e. The van der Waals surface area contributed by atoms with Crippen molar-refractivity contribution in [2.45, 2.75) is 27.3 Å². The van der Waals surface area contributed by atoms with Crippen LogP contribution in [0.15, 0.2) is 30.5 Å². The average molecular weight is 372 g/mol. The number of hydrogen-bond acceptors (Lipinski definition) is 3. The van der Waals surface area contributed by atoms with Gasteiger partial charge in [0.1, 0.15) is 0 Å². The van der Waals surface area contributed by atoms with Crippen molar-refractivity contribution in [3.05, 3.63) is 30.5 Å². The standard InChI is InChI=1S/C20H28N4O3/c1-4-27-20(26)23-11-9-22(10-12-23)19(25)21-17-5-6-18-16(13-17)7-8-24(18)14-15(2)3/h5-8,13,15H,4,9-12,14H2,1-3H3,(H,21,25). The van der Waals surface area contributed by atoms with E-state index < -0.39 is 0 Å². The van der Waals surface area contributed by atoms with E-state index in [9.17, 15) is 9.59 Å². The number of piperazine rings is 1. The van der Waals surface area contributed by atoms with Crippen LogP contribution in [0.4, 0.5) is 15.3 Å². The van der Waals surface area contributed by atoms with Crippen molar-refractivity contribution in [1.82, 2.24) is 14.4 Å². The van der Waals surface area contributed by atoms with Gasteiger partial charge in [-0.25, -0.2) is 9.59 Å². The summed E-state index contributed by atoms with van der Waals surface area (Å²) >= 11 is 0. The summed E-state index contributed by atoms with van der Waals surface area (Å²) in [5.41, 5.74) is 1.95. The summed E-state index contributed by atoms with van der Waals surface area (Å²) in [6, 6.07) is 7.92. The zero-order valence-electron chi connectivity index (χ0n) is 16.3. The Labute approximate surface area is 159 Å². The Balaban J connectivity index is 1.59. The number of anilines is 1. The summed E-state index contributed by atoms with van der Waals surface area (Å²) in [6.07, 6.45) is 1.78. The molecule has 7 heteroatoms. The summed E-state index contributed by atoms with van der Waals surface area (Å²) in [5.74, 6) is 0.577. The van der Waals surface area contributed by atoms with Crippen LogP contribution in [0.2, 0.25) is 0 Å². The molecule has 1 aromatic heterocycles. The molecule has 0 saturated carbocycles. The number of nitrogens with one attached hydrogen (secondary N) is 1. The fourth-order valence-electron chi connectivity index (χ4n) is 3.34. The maximum atomic E-state index is 12.5. The van der Waals surface area contributed by atoms with Gasteiger partial charge in [-0.05, 0) is 37.1 Å². The highest BCUT2D eigenvalue weighted by Gasteiger charge is 2.24. The number of benzene rings is 1. The first-order valence-electron chi connectivity index (χ1n) is 9.54. The van der Waals surface area contributed by atoms with Gasteiger partial charge in [0.15, 0.2) is 0 Å². The number of carbonyl (C=O) groups excluding carboxylic acids is 2. The minimum atomic E-state index is -0.311. The van der Waals surface area contributed by atoms with Crippen LogP contribution in [-0.2, 0) is 11.3 Å². The topological polar surface area (TPSA) is 66.8 Å². The molecule has 0 atom stereocenters. The molecule has 2 aromatic rings. The van der Waals surface area contributed by atoms with Crippen molar-refractivity contribution < 1.29 is 14.3 Å². The predicted octanol–water partition coefficient (Wildman–Crippen LogP) is 3.60. The van der Waals surface area contributed by atoms with E-state index in [4.69, 9.17) is 4.74 Å². The van der Waals surface area contributed by atoms with Crippen molar-refractivity contribution >= 4 is 28.7 Å². The van der Waals surface area contributed by atoms with E-state index in [1.54, 1.807) is 16.7 Å². The van der Waals surface area contributed by atoms with Gasteiger partial charge in [-0.2, -0.15) is 0 Å². The lowest BCUT2D eigenvalue weighted by atomic mass is 10.2. The number of carbonyl (C=O) groups is 2. The second-order valence-electron chi connectivity index (χ2n) is 7.24. The van der Waals surface area contributed by atoms with Crippen molar-refractivity contribution in [3.8, 4) is 0 Å². The van der Waals surface area contributed by atoms with Crippen LogP contribution in [0.3, 0.4) is 0 Å². The highest BCUT2D eigenvalue weighted by molar-refractivity contribution is 5.93. The molecule has 2 heterocycles. The van der Waals surface area contributed by atoms with E-state index in [-0.39, 0.29) is 12.1 Å². The number of hydrogen-bond donors (Lipinski definition) is 1. The lowest BCUT2D eigenvalue weighted by Gasteiger charge is -2.34. The van der Waals surface area contributed by atoms with E-state index in [2.05, 4.69) is 36.0 Å². The van der Waals surface area contributed by atoms with Crippen molar-refractivity contribution in [3.63, 3.8) is 0 Å². The normalized spacial score (nSPS) is 14.7. The van der Waals surface area contributed by atoms with Gasteiger partial charge >= 0.3 is 12.1 Å². The molecule has 1 aliphatic rings. The van der Waals surface area contributed by atoms with Gasteiger partial charge in [0.2, 0.25) is 0 Å². The molecule has 1 N–H and O–H groups in total. The predicted molar refractivity (Wildman–Crippen MR) is 106 cm³/mol. The van der Waals surface area contributed by atoms with Crippen molar-refractivity contribution in [2.75, 3.05) is 38.1 Å². The highest BCUT2D eigenvalue weighted by Crippen LogP contribution is 2.22. The first-order chi connectivity index (χ1) is 13.0. The summed E-state index contributed by atoms with van der Waals surface area (Å²) in [7, 11) is 0. The van der Waals surface area contributed by atoms with Gasteiger partial charge in [-0.1, -0.05) is 13.8 Å². The fraction of sp³-hybridized carbons (Fsp3) is 0.500. The molecule has 0 radical (unpaired) electrons. The third kappa shape index (κ3) is 4.53. The number of aromatic nitrogens is 1. The number of nitrogens with zero attached hydrogens (tertiary/aromatic N) is 3. The van der Waals surface area contributed by atoms with Crippen LogP contribution >= 0.6 is 0 Å². The van der Waals surface area contributed by atoms with Crippen molar-refractivity contribution in [2.24, 2.45) is 5.92 Å². The van der Waals surface area contributed by atoms with Gasteiger partial charge in [-0.3, -0.25) is 0 Å². The van der Waals surface area contributed by atoms with Gasteiger partial charge in [-0.15, -0.1) is 0 Å². The summed E-state index contributed by atoms with van der Waals surface area (Å²) < 4.78 is 7.24. The molecule has 0 aliphatic carbocycles. The molecule has 27 heavy (non-hydrogen) atoms. The van der Waals surface area contributed by atoms with E-state index in [0.717, 1.165) is 17.6 Å². The molecule has 1 fully saturated rings. The van der Waals surface area contributed by atoms with Gasteiger partial charge in [0.05, 0.1) is 6.61 Å². The van der Waals surface area contributed by atoms with E-state index in [1.807, 2.05) is 18.2 Å². The molecule has 0 bridgehead atoms. The van der Waals surface area contributed by atoms with Crippen LogP contribution in [0.5, 0.6) is 0 Å². The molecule has 1 aromatic carbocycles. The van der Waals surface area contributed by atoms with E-state index in [1.165, 1.54) is 5.52 Å². The lowest BCUT2D eigenvalue weighted by Crippen LogP contribution is -2.51. The molecular weight excluding hydrogens is 344 g/mol. The van der Waals surface area contributed by atoms with E-state index >= 15 is 0 Å². The Morgan fingerprint density at radius 2 is 1.81 bits per heavy atom. The molecule has 146 valence electrons. The molecule has 3 rings (SSSR count). The maximum Gasteiger partial charge on any atom is 0.409 e. The highest BCUT2D eigenvalue weighted by atomic mass is 16.6. The van der Waals surface area contributed by atoms with Crippen LogP contribution in [0.25, 0.3) is 10.9 Å². The molecule has 7 nitrogen and oxygen atoms in total. The Morgan fingerprint density at radius 1 is 1.11 bits per heavy atom. The second-order valence-corrected chi connectivity index (χ2v) is 7.24. The van der Waals surface area contributed by atoms with Crippen LogP contribution in [-0.4, -0.2) is 59.3 Å². The Bertz CT molecular complexity index is 807. The molecule has 3 amide bonds. The summed E-state index contributed by atoms with van der Waals surface area (Å²) in [5, 5.41) is 4.08. The largest absolute Gasteiger partial charge is 0.450 e. The zero-order valence-corrected chi connectivity index (χ0v) is 16.3. The average Bonchev–Trinajstić information content (AvgIpc) is 3.03. The quantitative estimate of drug-likeness (QED) is 0.892. The Kier molecular flexibility index (Phi) is 5.88. The lowest BCUT2D eigenvalue weighted by molar-refractivity contribution is 0.0868. The molecule has 0 spiro atoms. The number of urea groups is 1. The third-order valence-electron chi connectivity index (χ3n) is 4.68. The number of rotatable bonds is 4. The number of ether oxygens (including phenoxy) is 1. The molecule has 1 aliphatic heterocycles. The van der Waals surface area contributed by atoms with Crippen LogP contribution < -0.4 is 5.32 Å². The van der Waals surface area contributed by atoms with Crippen molar-refractivity contribution in [1.29, 1.82) is 0 Å². The molecule has 1 saturated heterocycles. The van der Waals surface area contributed by atoms with Crippen LogP contribution in [0, 0.1) is 5.92 Å². The van der Waals surface area contributed by atoms with Gasteiger partial charge in [0.25, 0.3) is 0 Å². The number of amides is 3. The zero-order chi connectivity index (χ0) is 19.4. The van der Waals surface area contributed by atoms with Gasteiger partial charge in [0, 0.05) is 55.5 Å². The first-order valence-corrected chi connectivity index (χ1v) is 9.54. The SMILES string of the molecule is CCOC(=O)N1CCN(C(=O)Nc2ccc3c(ccn3CC(C)C)c2)CC1. The minimum absolute atomic E-state index is 0.139.